The molecule has 0 saturated carbocycles. The number of ether oxygens (including phenoxy) is 2. The molecule has 0 bridgehead atoms. The van der Waals surface area contributed by atoms with Crippen molar-refractivity contribution in [1.82, 2.24) is 20.0 Å². The van der Waals surface area contributed by atoms with Crippen molar-refractivity contribution in [1.29, 1.82) is 0 Å². The van der Waals surface area contributed by atoms with Crippen LogP contribution >= 0.6 is 0 Å². The summed E-state index contributed by atoms with van der Waals surface area (Å²) in [5, 5.41) is 12.7. The second-order valence-electron chi connectivity index (χ2n) is 7.47. The standard InChI is InChI=1S/C23H22FN5O4S/c1-14-15(2)27-29(16(14)3)22-11-12-23(26-25-22)33-18-7-5-17(6-8-18)28-34(30,31)19-9-10-21(32-4)20(24)13-19/h5-13,28H,1-4H3. The zero-order valence-electron chi connectivity index (χ0n) is 18.9. The Morgan fingerprint density at radius 1 is 0.971 bits per heavy atom. The molecule has 0 unspecified atom stereocenters. The Morgan fingerprint density at radius 3 is 2.26 bits per heavy atom. The Kier molecular flexibility index (Phi) is 6.20. The Morgan fingerprint density at radius 2 is 1.71 bits per heavy atom. The van der Waals surface area contributed by atoms with Gasteiger partial charge in [0.2, 0.25) is 5.88 Å². The first-order chi connectivity index (χ1) is 16.2. The summed E-state index contributed by atoms with van der Waals surface area (Å²) in [6.07, 6.45) is 0. The molecule has 34 heavy (non-hydrogen) atoms. The molecule has 2 aromatic heterocycles. The SMILES string of the molecule is COc1ccc(S(=O)(=O)Nc2ccc(Oc3ccc(-n4nc(C)c(C)c4C)nn3)cc2)cc1F. The Labute approximate surface area is 196 Å². The fraction of sp³-hybridized carbons (Fsp3) is 0.174. The van der Waals surface area contributed by atoms with Crippen LogP contribution in [0.4, 0.5) is 10.1 Å². The number of aromatic nitrogens is 4. The van der Waals surface area contributed by atoms with Gasteiger partial charge in [0.25, 0.3) is 10.0 Å². The average Bonchev–Trinajstić information content (AvgIpc) is 3.08. The number of anilines is 1. The average molecular weight is 484 g/mol. The number of sulfonamides is 1. The van der Waals surface area contributed by atoms with Crippen molar-refractivity contribution in [3.8, 4) is 23.2 Å². The predicted octanol–water partition coefficient (Wildman–Crippen LogP) is 4.33. The Balaban J connectivity index is 1.44. The van der Waals surface area contributed by atoms with Crippen LogP contribution in [-0.4, -0.2) is 35.5 Å². The van der Waals surface area contributed by atoms with Gasteiger partial charge in [-0.05, 0) is 74.9 Å². The molecule has 1 N–H and O–H groups in total. The van der Waals surface area contributed by atoms with Crippen LogP contribution in [0, 0.1) is 26.6 Å². The third-order valence-electron chi connectivity index (χ3n) is 5.26. The van der Waals surface area contributed by atoms with E-state index in [1.165, 1.54) is 31.4 Å². The molecule has 0 saturated heterocycles. The van der Waals surface area contributed by atoms with E-state index in [1.807, 2.05) is 20.8 Å². The van der Waals surface area contributed by atoms with Crippen LogP contribution in [0.3, 0.4) is 0 Å². The highest BCUT2D eigenvalue weighted by Gasteiger charge is 2.17. The van der Waals surface area contributed by atoms with E-state index in [-0.39, 0.29) is 22.2 Å². The number of methoxy groups -OCH3 is 1. The van der Waals surface area contributed by atoms with E-state index >= 15 is 0 Å². The number of rotatable bonds is 7. The van der Waals surface area contributed by atoms with Crippen molar-refractivity contribution >= 4 is 15.7 Å². The molecule has 0 aliphatic heterocycles. The van der Waals surface area contributed by atoms with Crippen molar-refractivity contribution in [2.45, 2.75) is 25.7 Å². The quantitative estimate of drug-likeness (QED) is 0.417. The van der Waals surface area contributed by atoms with Crippen molar-refractivity contribution in [3.05, 3.63) is 77.4 Å². The van der Waals surface area contributed by atoms with Gasteiger partial charge in [0, 0.05) is 17.4 Å². The zero-order chi connectivity index (χ0) is 24.5. The van der Waals surface area contributed by atoms with Crippen LogP contribution in [-0.2, 0) is 10.0 Å². The van der Waals surface area contributed by atoms with E-state index in [1.54, 1.807) is 28.9 Å². The van der Waals surface area contributed by atoms with Crippen molar-refractivity contribution < 1.29 is 22.3 Å². The molecule has 2 aromatic carbocycles. The van der Waals surface area contributed by atoms with Crippen LogP contribution in [0.2, 0.25) is 0 Å². The summed E-state index contributed by atoms with van der Waals surface area (Å²) in [7, 11) is -2.68. The topological polar surface area (TPSA) is 108 Å². The Hall–Kier alpha value is -3.99. The lowest BCUT2D eigenvalue weighted by Gasteiger charge is -2.10. The highest BCUT2D eigenvalue weighted by atomic mass is 32.2. The molecule has 0 spiro atoms. The molecule has 0 aliphatic rings. The summed E-state index contributed by atoms with van der Waals surface area (Å²) in [6, 6.07) is 13.0. The maximum absolute atomic E-state index is 13.9. The van der Waals surface area contributed by atoms with Crippen LogP contribution in [0.1, 0.15) is 17.0 Å². The number of nitrogens with one attached hydrogen (secondary N) is 1. The molecule has 4 aromatic rings. The van der Waals surface area contributed by atoms with Gasteiger partial charge in [-0.3, -0.25) is 4.72 Å². The first-order valence-corrected chi connectivity index (χ1v) is 11.7. The first kappa shape index (κ1) is 23.2. The van der Waals surface area contributed by atoms with Crippen molar-refractivity contribution in [2.24, 2.45) is 0 Å². The maximum Gasteiger partial charge on any atom is 0.262 e. The van der Waals surface area contributed by atoms with Crippen LogP contribution in [0.15, 0.2) is 59.5 Å². The van der Waals surface area contributed by atoms with E-state index in [9.17, 15) is 12.8 Å². The summed E-state index contributed by atoms with van der Waals surface area (Å²) < 4.78 is 53.6. The second-order valence-corrected chi connectivity index (χ2v) is 9.15. The minimum absolute atomic E-state index is 0.0402. The highest BCUT2D eigenvalue weighted by Crippen LogP contribution is 2.25. The Bertz CT molecular complexity index is 1440. The van der Waals surface area contributed by atoms with E-state index in [4.69, 9.17) is 9.47 Å². The van der Waals surface area contributed by atoms with E-state index in [0.29, 0.717) is 11.6 Å². The molecule has 0 fully saturated rings. The molecule has 11 heteroatoms. The van der Waals surface area contributed by atoms with Crippen LogP contribution in [0.25, 0.3) is 5.82 Å². The van der Waals surface area contributed by atoms with Gasteiger partial charge < -0.3 is 9.47 Å². The smallest absolute Gasteiger partial charge is 0.262 e. The summed E-state index contributed by atoms with van der Waals surface area (Å²) in [5.74, 6) is 0.461. The van der Waals surface area contributed by atoms with Crippen molar-refractivity contribution in [3.63, 3.8) is 0 Å². The van der Waals surface area contributed by atoms with E-state index in [0.717, 1.165) is 23.0 Å². The fourth-order valence-electron chi connectivity index (χ4n) is 3.16. The summed E-state index contributed by atoms with van der Waals surface area (Å²) >= 11 is 0. The minimum Gasteiger partial charge on any atom is -0.494 e. The van der Waals surface area contributed by atoms with Crippen LogP contribution < -0.4 is 14.2 Å². The van der Waals surface area contributed by atoms with Gasteiger partial charge in [-0.15, -0.1) is 10.2 Å². The fourth-order valence-corrected chi connectivity index (χ4v) is 4.23. The predicted molar refractivity (Wildman–Crippen MR) is 124 cm³/mol. The number of hydrogen-bond donors (Lipinski definition) is 1. The van der Waals surface area contributed by atoms with Crippen molar-refractivity contribution in [2.75, 3.05) is 11.8 Å². The highest BCUT2D eigenvalue weighted by molar-refractivity contribution is 7.92. The zero-order valence-corrected chi connectivity index (χ0v) is 19.7. The molecule has 0 atom stereocenters. The molecule has 2 heterocycles. The van der Waals surface area contributed by atoms with Crippen LogP contribution in [0.5, 0.6) is 17.4 Å². The minimum atomic E-state index is -3.99. The van der Waals surface area contributed by atoms with E-state index in [2.05, 4.69) is 20.0 Å². The number of halogens is 1. The van der Waals surface area contributed by atoms with Gasteiger partial charge in [-0.2, -0.15) is 5.10 Å². The molecule has 0 aliphatic carbocycles. The molecule has 0 amide bonds. The monoisotopic (exact) mass is 483 g/mol. The first-order valence-electron chi connectivity index (χ1n) is 10.2. The van der Waals surface area contributed by atoms with Gasteiger partial charge in [0.1, 0.15) is 5.75 Å². The second kappa shape index (κ2) is 9.10. The van der Waals surface area contributed by atoms with Gasteiger partial charge in [0.15, 0.2) is 17.4 Å². The number of aryl methyl sites for hydroxylation is 1. The largest absolute Gasteiger partial charge is 0.494 e. The molecular formula is C23H22FN5O4S. The van der Waals surface area contributed by atoms with Gasteiger partial charge >= 0.3 is 0 Å². The summed E-state index contributed by atoms with van der Waals surface area (Å²) in [5.41, 5.74) is 3.28. The molecule has 176 valence electrons. The van der Waals surface area contributed by atoms with Gasteiger partial charge in [-0.25, -0.2) is 17.5 Å². The lowest BCUT2D eigenvalue weighted by Crippen LogP contribution is -2.13. The molecule has 9 nitrogen and oxygen atoms in total. The molecular weight excluding hydrogens is 461 g/mol. The summed E-state index contributed by atoms with van der Waals surface area (Å²) in [6.45, 7) is 5.89. The maximum atomic E-state index is 13.9. The third kappa shape index (κ3) is 4.69. The molecule has 4 rings (SSSR count). The number of hydrogen-bond acceptors (Lipinski definition) is 7. The van der Waals surface area contributed by atoms with Gasteiger partial charge in [-0.1, -0.05) is 0 Å². The number of nitrogens with zero attached hydrogens (tertiary/aromatic N) is 4. The van der Waals surface area contributed by atoms with E-state index < -0.39 is 15.8 Å². The normalized spacial score (nSPS) is 11.3. The molecule has 0 radical (unpaired) electrons. The third-order valence-corrected chi connectivity index (χ3v) is 6.64. The van der Waals surface area contributed by atoms with Gasteiger partial charge in [0.05, 0.1) is 17.7 Å². The lowest BCUT2D eigenvalue weighted by molar-refractivity contribution is 0.385. The number of benzene rings is 2. The lowest BCUT2D eigenvalue weighted by atomic mass is 10.2. The summed E-state index contributed by atoms with van der Waals surface area (Å²) in [4.78, 5) is -0.223.